The quantitative estimate of drug-likeness (QED) is 0.250. The van der Waals surface area contributed by atoms with Crippen molar-refractivity contribution >= 4 is 34.4 Å². The molecule has 0 saturated heterocycles. The van der Waals surface area contributed by atoms with Gasteiger partial charge in [-0.1, -0.05) is 55.4 Å². The van der Waals surface area contributed by atoms with Crippen molar-refractivity contribution in [2.24, 2.45) is 0 Å². The molecule has 2 aromatic carbocycles. The van der Waals surface area contributed by atoms with Gasteiger partial charge >= 0.3 is 0 Å². The molecule has 1 N–H and O–H groups in total. The monoisotopic (exact) mass is 518 g/mol. The number of fused-ring (bicyclic) bond motifs is 1. The van der Waals surface area contributed by atoms with Crippen LogP contribution in [0.1, 0.15) is 30.8 Å². The molecule has 0 fully saturated rings. The van der Waals surface area contributed by atoms with Gasteiger partial charge in [-0.2, -0.15) is 0 Å². The first-order chi connectivity index (χ1) is 17.6. The maximum Gasteiger partial charge on any atom is 0.196 e. The van der Waals surface area contributed by atoms with Gasteiger partial charge in [0, 0.05) is 29.5 Å². The van der Waals surface area contributed by atoms with Gasteiger partial charge in [-0.05, 0) is 54.3 Å². The number of halogens is 1. The molecule has 0 amide bonds. The average molecular weight is 519 g/mol. The molecular weight excluding hydrogens is 492 g/mol. The Bertz CT molecular complexity index is 1480. The van der Waals surface area contributed by atoms with Crippen molar-refractivity contribution in [2.45, 2.75) is 44.1 Å². The van der Waals surface area contributed by atoms with Crippen LogP contribution < -0.4 is 0 Å². The number of hydrogen-bond acceptors (Lipinski definition) is 6. The minimum absolute atomic E-state index is 0.0146. The summed E-state index contributed by atoms with van der Waals surface area (Å²) < 4.78 is 4.18. The van der Waals surface area contributed by atoms with Gasteiger partial charge in [-0.3, -0.25) is 9.55 Å². The highest BCUT2D eigenvalue weighted by atomic mass is 35.5. The van der Waals surface area contributed by atoms with Crippen LogP contribution in [0.4, 0.5) is 0 Å². The normalized spacial score (nSPS) is 11.4. The van der Waals surface area contributed by atoms with Crippen molar-refractivity contribution in [1.82, 2.24) is 29.3 Å². The lowest BCUT2D eigenvalue weighted by molar-refractivity contribution is 0.276. The zero-order chi connectivity index (χ0) is 25.1. The lowest BCUT2D eigenvalue weighted by Gasteiger charge is -2.18. The summed E-state index contributed by atoms with van der Waals surface area (Å²) in [6, 6.07) is 16.0. The molecule has 7 nitrogen and oxygen atoms in total. The Morgan fingerprint density at radius 3 is 2.50 bits per heavy atom. The molecule has 9 heteroatoms. The number of pyridine rings is 1. The number of imidazole rings is 1. The molecule has 184 valence electrons. The van der Waals surface area contributed by atoms with Crippen LogP contribution in [0.5, 0.6) is 0 Å². The van der Waals surface area contributed by atoms with Crippen molar-refractivity contribution in [3.63, 3.8) is 0 Å². The van der Waals surface area contributed by atoms with Crippen LogP contribution in [0.15, 0.2) is 66.1 Å². The fourth-order valence-corrected chi connectivity index (χ4v) is 5.53. The van der Waals surface area contributed by atoms with Crippen molar-refractivity contribution in [1.29, 1.82) is 0 Å². The second-order valence-corrected chi connectivity index (χ2v) is 9.72. The molecule has 0 saturated carbocycles. The summed E-state index contributed by atoms with van der Waals surface area (Å²) in [6.07, 6.45) is 5.37. The summed E-state index contributed by atoms with van der Waals surface area (Å²) in [5.74, 6) is 2.17. The summed E-state index contributed by atoms with van der Waals surface area (Å²) in [6.45, 7) is 4.79. The second kappa shape index (κ2) is 10.8. The first-order valence-electron chi connectivity index (χ1n) is 12.0. The number of para-hydroxylation sites is 1. The summed E-state index contributed by atoms with van der Waals surface area (Å²) in [5.41, 5.74) is 6.28. The minimum Gasteiger partial charge on any atom is -0.395 e. The average Bonchev–Trinajstić information content (AvgIpc) is 3.48. The fourth-order valence-electron chi connectivity index (χ4n) is 4.48. The number of thioether (sulfide) groups is 1. The van der Waals surface area contributed by atoms with Gasteiger partial charge in [0.05, 0.1) is 29.1 Å². The van der Waals surface area contributed by atoms with E-state index in [1.54, 1.807) is 18.0 Å². The summed E-state index contributed by atoms with van der Waals surface area (Å²) in [7, 11) is 0. The van der Waals surface area contributed by atoms with Crippen molar-refractivity contribution in [2.75, 3.05) is 6.61 Å². The lowest BCUT2D eigenvalue weighted by atomic mass is 10.0. The summed E-state index contributed by atoms with van der Waals surface area (Å²) in [4.78, 5) is 9.14. The molecule has 3 heterocycles. The van der Waals surface area contributed by atoms with E-state index in [0.29, 0.717) is 17.3 Å². The Labute approximate surface area is 219 Å². The third kappa shape index (κ3) is 4.64. The van der Waals surface area contributed by atoms with Gasteiger partial charge in [-0.15, -0.1) is 10.2 Å². The zero-order valence-corrected chi connectivity index (χ0v) is 21.8. The maximum atomic E-state index is 9.69. The SMILES string of the molecule is CCc1cccc(CC)c1-n1c(SCc2nc3ccc(Cl)cc3n2CCO)nnc1-c1cccnc1. The number of aliphatic hydroxyl groups is 1. The van der Waals surface area contributed by atoms with Crippen LogP contribution in [-0.2, 0) is 25.1 Å². The first kappa shape index (κ1) is 24.5. The summed E-state index contributed by atoms with van der Waals surface area (Å²) >= 11 is 7.82. The maximum absolute atomic E-state index is 9.69. The largest absolute Gasteiger partial charge is 0.395 e. The third-order valence-electron chi connectivity index (χ3n) is 6.18. The zero-order valence-electron chi connectivity index (χ0n) is 20.2. The second-order valence-electron chi connectivity index (χ2n) is 8.34. The van der Waals surface area contributed by atoms with Crippen LogP contribution in [0.3, 0.4) is 0 Å². The molecule has 36 heavy (non-hydrogen) atoms. The Kier molecular flexibility index (Phi) is 7.36. The third-order valence-corrected chi connectivity index (χ3v) is 7.35. The molecule has 0 aliphatic heterocycles. The minimum atomic E-state index is 0.0146. The number of aliphatic hydroxyl groups excluding tert-OH is 1. The van der Waals surface area contributed by atoms with Crippen molar-refractivity contribution in [3.8, 4) is 17.1 Å². The highest BCUT2D eigenvalue weighted by molar-refractivity contribution is 7.98. The van der Waals surface area contributed by atoms with E-state index in [4.69, 9.17) is 16.6 Å². The highest BCUT2D eigenvalue weighted by Crippen LogP contribution is 2.34. The standard InChI is InChI=1S/C27H27ClN6OS/c1-3-18-7-5-8-19(4-2)25(18)34-26(20-9-6-12-29-16-20)31-32-27(34)36-17-24-30-22-11-10-21(28)15-23(22)33(24)13-14-35/h5-12,15-16,35H,3-4,13-14,17H2,1-2H3. The van der Waals surface area contributed by atoms with Gasteiger partial charge in [0.2, 0.25) is 0 Å². The number of nitrogens with zero attached hydrogens (tertiary/aromatic N) is 6. The van der Waals surface area contributed by atoms with Gasteiger partial charge in [-0.25, -0.2) is 4.98 Å². The molecule has 5 rings (SSSR count). The molecule has 5 aromatic rings. The predicted octanol–water partition coefficient (Wildman–Crippen LogP) is 5.74. The molecule has 0 spiro atoms. The van der Waals surface area contributed by atoms with Gasteiger partial charge in [0.15, 0.2) is 11.0 Å². The topological polar surface area (TPSA) is 81.7 Å². The van der Waals surface area contributed by atoms with Gasteiger partial charge in [0.1, 0.15) is 5.82 Å². The number of aromatic nitrogens is 6. The van der Waals surface area contributed by atoms with E-state index in [-0.39, 0.29) is 6.61 Å². The van der Waals surface area contributed by atoms with Crippen molar-refractivity contribution < 1.29 is 5.11 Å². The number of rotatable bonds is 9. The van der Waals surface area contributed by atoms with Gasteiger partial charge in [0.25, 0.3) is 0 Å². The van der Waals surface area contributed by atoms with E-state index < -0.39 is 0 Å². The number of hydrogen-bond donors (Lipinski definition) is 1. The molecule has 0 atom stereocenters. The molecule has 0 bridgehead atoms. The van der Waals surface area contributed by atoms with Crippen LogP contribution in [-0.4, -0.2) is 41.0 Å². The van der Waals surface area contributed by atoms with E-state index in [9.17, 15) is 5.11 Å². The number of aryl methyl sites for hydroxylation is 2. The van der Waals surface area contributed by atoms with Crippen LogP contribution in [0.2, 0.25) is 5.02 Å². The molecule has 0 radical (unpaired) electrons. The Hall–Kier alpha value is -3.20. The smallest absolute Gasteiger partial charge is 0.196 e. The van der Waals surface area contributed by atoms with E-state index in [0.717, 1.165) is 51.9 Å². The summed E-state index contributed by atoms with van der Waals surface area (Å²) in [5, 5.41) is 20.3. The Morgan fingerprint density at radius 1 is 1.00 bits per heavy atom. The van der Waals surface area contributed by atoms with E-state index in [1.807, 2.05) is 41.1 Å². The van der Waals surface area contributed by atoms with E-state index in [2.05, 4.69) is 51.8 Å². The highest BCUT2D eigenvalue weighted by Gasteiger charge is 2.21. The van der Waals surface area contributed by atoms with Crippen molar-refractivity contribution in [3.05, 3.63) is 82.9 Å². The molecular formula is C27H27ClN6OS. The molecule has 0 unspecified atom stereocenters. The predicted molar refractivity (Wildman–Crippen MR) is 145 cm³/mol. The first-order valence-corrected chi connectivity index (χ1v) is 13.4. The molecule has 3 aromatic heterocycles. The van der Waals surface area contributed by atoms with Crippen LogP contribution >= 0.6 is 23.4 Å². The molecule has 0 aliphatic carbocycles. The number of benzene rings is 2. The Morgan fingerprint density at radius 2 is 1.81 bits per heavy atom. The fraction of sp³-hybridized carbons (Fsp3) is 0.259. The van der Waals surface area contributed by atoms with Gasteiger partial charge < -0.3 is 9.67 Å². The lowest BCUT2D eigenvalue weighted by Crippen LogP contribution is -2.08. The molecule has 0 aliphatic rings. The van der Waals surface area contributed by atoms with Crippen LogP contribution in [0, 0.1) is 0 Å². The Balaban J connectivity index is 1.61. The van der Waals surface area contributed by atoms with Crippen LogP contribution in [0.25, 0.3) is 28.1 Å². The van der Waals surface area contributed by atoms with E-state index >= 15 is 0 Å². The van der Waals surface area contributed by atoms with E-state index in [1.165, 1.54) is 11.1 Å².